The summed E-state index contributed by atoms with van der Waals surface area (Å²) in [4.78, 5) is 3.75. The number of nitrogens with zero attached hydrogens (tertiary/aromatic N) is 1. The largest absolute Gasteiger partial charge is 0.480 e. The summed E-state index contributed by atoms with van der Waals surface area (Å²) in [6.07, 6.45) is -1.51. The molecule has 0 aliphatic rings. The summed E-state index contributed by atoms with van der Waals surface area (Å²) < 4.78 is 30.0. The summed E-state index contributed by atoms with van der Waals surface area (Å²) >= 11 is 2.96. The summed E-state index contributed by atoms with van der Waals surface area (Å²) in [7, 11) is 1.33. The summed E-state index contributed by atoms with van der Waals surface area (Å²) in [5.41, 5.74) is -0.188. The van der Waals surface area contributed by atoms with Gasteiger partial charge in [-0.15, -0.1) is 0 Å². The Balaban J connectivity index is 3.31. The lowest BCUT2D eigenvalue weighted by molar-refractivity contribution is 0.145. The Labute approximate surface area is 87.9 Å². The van der Waals surface area contributed by atoms with Crippen LogP contribution in [0, 0.1) is 0 Å². The highest BCUT2D eigenvalue weighted by molar-refractivity contribution is 9.10. The second-order valence-corrected chi connectivity index (χ2v) is 3.27. The van der Waals surface area contributed by atoms with Crippen LogP contribution < -0.4 is 4.74 Å². The van der Waals surface area contributed by atoms with Crippen molar-refractivity contribution in [1.82, 2.24) is 4.98 Å². The first-order valence-corrected chi connectivity index (χ1v) is 4.51. The minimum Gasteiger partial charge on any atom is -0.480 e. The molecule has 1 aromatic rings. The molecule has 1 heterocycles. The van der Waals surface area contributed by atoms with E-state index < -0.39 is 13.0 Å². The summed E-state index contributed by atoms with van der Waals surface area (Å²) in [6, 6.07) is 0. The number of ether oxygens (including phenoxy) is 1. The summed E-state index contributed by atoms with van der Waals surface area (Å²) in [5, 5.41) is 8.82. The first-order valence-electron chi connectivity index (χ1n) is 3.72. The van der Waals surface area contributed by atoms with E-state index in [9.17, 15) is 8.78 Å². The van der Waals surface area contributed by atoms with Gasteiger partial charge in [0.25, 0.3) is 6.43 Å². The molecule has 78 valence electrons. The van der Waals surface area contributed by atoms with E-state index in [2.05, 4.69) is 20.9 Å². The second-order valence-electron chi connectivity index (χ2n) is 2.48. The zero-order chi connectivity index (χ0) is 10.7. The second kappa shape index (κ2) is 4.65. The SMILES string of the molecule is COc1ncc(CO)c(C(F)F)c1Br. The van der Waals surface area contributed by atoms with Crippen LogP contribution >= 0.6 is 15.9 Å². The normalized spacial score (nSPS) is 10.7. The predicted octanol–water partition coefficient (Wildman–Crippen LogP) is 2.28. The Morgan fingerprint density at radius 1 is 1.64 bits per heavy atom. The molecule has 0 saturated carbocycles. The fourth-order valence-electron chi connectivity index (χ4n) is 1.02. The van der Waals surface area contributed by atoms with Gasteiger partial charge in [0.05, 0.1) is 18.2 Å². The van der Waals surface area contributed by atoms with Crippen LogP contribution in [0.15, 0.2) is 10.7 Å². The first kappa shape index (κ1) is 11.3. The van der Waals surface area contributed by atoms with Gasteiger partial charge in [-0.25, -0.2) is 13.8 Å². The average Bonchev–Trinajstić information content (AvgIpc) is 2.16. The minimum absolute atomic E-state index is 0.0810. The van der Waals surface area contributed by atoms with Gasteiger partial charge in [-0.05, 0) is 15.9 Å². The van der Waals surface area contributed by atoms with Crippen molar-refractivity contribution in [2.75, 3.05) is 7.11 Å². The van der Waals surface area contributed by atoms with Crippen LogP contribution in [-0.4, -0.2) is 17.2 Å². The van der Waals surface area contributed by atoms with E-state index in [4.69, 9.17) is 9.84 Å². The molecule has 0 fully saturated rings. The molecule has 1 aromatic heterocycles. The topological polar surface area (TPSA) is 42.4 Å². The number of methoxy groups -OCH3 is 1. The number of aromatic nitrogens is 1. The number of aliphatic hydroxyl groups is 1. The van der Waals surface area contributed by atoms with E-state index in [0.717, 1.165) is 0 Å². The molecule has 0 aromatic carbocycles. The molecular weight excluding hydrogens is 260 g/mol. The van der Waals surface area contributed by atoms with Crippen molar-refractivity contribution in [3.63, 3.8) is 0 Å². The maximum Gasteiger partial charge on any atom is 0.265 e. The standard InChI is InChI=1S/C8H8BrF2NO2/c1-14-8-6(9)5(7(10)11)4(3-13)2-12-8/h2,7,13H,3H2,1H3. The van der Waals surface area contributed by atoms with E-state index in [0.29, 0.717) is 0 Å². The molecule has 0 unspecified atom stereocenters. The molecule has 1 rings (SSSR count). The first-order chi connectivity index (χ1) is 6.61. The quantitative estimate of drug-likeness (QED) is 0.914. The Bertz CT molecular complexity index is 333. The smallest absolute Gasteiger partial charge is 0.265 e. The number of hydrogen-bond acceptors (Lipinski definition) is 3. The van der Waals surface area contributed by atoms with Crippen LogP contribution in [0.5, 0.6) is 5.88 Å². The lowest BCUT2D eigenvalue weighted by Gasteiger charge is -2.10. The van der Waals surface area contributed by atoms with Gasteiger partial charge >= 0.3 is 0 Å². The highest BCUT2D eigenvalue weighted by atomic mass is 79.9. The van der Waals surface area contributed by atoms with Crippen molar-refractivity contribution < 1.29 is 18.6 Å². The molecule has 6 heteroatoms. The lowest BCUT2D eigenvalue weighted by Crippen LogP contribution is -2.00. The number of alkyl halides is 2. The fourth-order valence-corrected chi connectivity index (χ4v) is 1.72. The maximum atomic E-state index is 12.6. The molecule has 0 saturated heterocycles. The van der Waals surface area contributed by atoms with Gasteiger partial charge in [0, 0.05) is 17.3 Å². The maximum absolute atomic E-state index is 12.6. The van der Waals surface area contributed by atoms with E-state index in [1.165, 1.54) is 13.3 Å². The van der Waals surface area contributed by atoms with Gasteiger partial charge in [-0.2, -0.15) is 0 Å². The number of aliphatic hydroxyl groups excluding tert-OH is 1. The number of hydrogen-bond donors (Lipinski definition) is 1. The Morgan fingerprint density at radius 3 is 2.71 bits per heavy atom. The summed E-state index contributed by atoms with van der Waals surface area (Å²) in [5.74, 6) is 0.0810. The van der Waals surface area contributed by atoms with Crippen LogP contribution in [0.3, 0.4) is 0 Å². The third kappa shape index (κ3) is 2.01. The van der Waals surface area contributed by atoms with Crippen LogP contribution in [0.2, 0.25) is 0 Å². The van der Waals surface area contributed by atoms with Gasteiger partial charge in [0.1, 0.15) is 0 Å². The highest BCUT2D eigenvalue weighted by Crippen LogP contribution is 2.35. The van der Waals surface area contributed by atoms with Gasteiger partial charge in [-0.1, -0.05) is 0 Å². The number of halogens is 3. The van der Waals surface area contributed by atoms with Crippen molar-refractivity contribution in [2.24, 2.45) is 0 Å². The van der Waals surface area contributed by atoms with Gasteiger partial charge in [-0.3, -0.25) is 0 Å². The third-order valence-electron chi connectivity index (χ3n) is 1.69. The van der Waals surface area contributed by atoms with E-state index in [1.54, 1.807) is 0 Å². The molecule has 0 atom stereocenters. The van der Waals surface area contributed by atoms with Crippen LogP contribution in [0.25, 0.3) is 0 Å². The van der Waals surface area contributed by atoms with Crippen LogP contribution in [-0.2, 0) is 6.61 Å². The Morgan fingerprint density at radius 2 is 2.29 bits per heavy atom. The van der Waals surface area contributed by atoms with Gasteiger partial charge < -0.3 is 9.84 Å². The summed E-state index contributed by atoms with van der Waals surface area (Å²) in [6.45, 7) is -0.477. The molecule has 0 spiro atoms. The Kier molecular flexibility index (Phi) is 3.77. The molecule has 0 aliphatic carbocycles. The zero-order valence-corrected chi connectivity index (χ0v) is 8.88. The van der Waals surface area contributed by atoms with Crippen LogP contribution in [0.4, 0.5) is 8.78 Å². The fraction of sp³-hybridized carbons (Fsp3) is 0.375. The number of pyridine rings is 1. The van der Waals surface area contributed by atoms with E-state index in [-0.39, 0.29) is 21.5 Å². The third-order valence-corrected chi connectivity index (χ3v) is 2.46. The van der Waals surface area contributed by atoms with Gasteiger partial charge in [0.15, 0.2) is 0 Å². The van der Waals surface area contributed by atoms with Crippen molar-refractivity contribution in [2.45, 2.75) is 13.0 Å². The molecular formula is C8H8BrF2NO2. The molecule has 14 heavy (non-hydrogen) atoms. The lowest BCUT2D eigenvalue weighted by atomic mass is 10.1. The number of rotatable bonds is 3. The van der Waals surface area contributed by atoms with E-state index in [1.807, 2.05) is 0 Å². The predicted molar refractivity (Wildman–Crippen MR) is 49.4 cm³/mol. The molecule has 3 nitrogen and oxygen atoms in total. The Hall–Kier alpha value is -0.750. The highest BCUT2D eigenvalue weighted by Gasteiger charge is 2.20. The van der Waals surface area contributed by atoms with Crippen LogP contribution in [0.1, 0.15) is 17.6 Å². The molecule has 0 aliphatic heterocycles. The van der Waals surface area contributed by atoms with E-state index >= 15 is 0 Å². The average molecular weight is 268 g/mol. The zero-order valence-electron chi connectivity index (χ0n) is 7.30. The van der Waals surface area contributed by atoms with Crippen molar-refractivity contribution >= 4 is 15.9 Å². The molecule has 0 amide bonds. The molecule has 1 N–H and O–H groups in total. The van der Waals surface area contributed by atoms with Gasteiger partial charge in [0.2, 0.25) is 5.88 Å². The monoisotopic (exact) mass is 267 g/mol. The molecule has 0 bridgehead atoms. The van der Waals surface area contributed by atoms with Crippen molar-refractivity contribution in [3.8, 4) is 5.88 Å². The minimum atomic E-state index is -2.68. The molecule has 0 radical (unpaired) electrons. The van der Waals surface area contributed by atoms with Crippen molar-refractivity contribution in [1.29, 1.82) is 0 Å². The van der Waals surface area contributed by atoms with Crippen molar-refractivity contribution in [3.05, 3.63) is 21.8 Å².